The molecule has 2 aliphatic heterocycles. The van der Waals surface area contributed by atoms with Crippen LogP contribution in [0, 0.1) is 0 Å². The first-order valence-electron chi connectivity index (χ1n) is 11.5. The monoisotopic (exact) mass is 464 g/mol. The standard InChI is InChI=1S/C21H44O7Si2/c1-14(2)29(15(3)4)25-13-18-19(27-30(28-29,16(5)6)17(7)8)20(21(23-9)26-18)24-12-10-11-22/h14-22H,10-13H2,1-9H3/t18-,19-,20-,21-/m1/s1. The van der Waals surface area contributed by atoms with Gasteiger partial charge in [-0.1, -0.05) is 55.4 Å². The fraction of sp³-hybridized carbons (Fsp3) is 1.00. The van der Waals surface area contributed by atoms with Crippen molar-refractivity contribution in [2.45, 2.75) is 109 Å². The number of ether oxygens (including phenoxy) is 3. The molecular weight excluding hydrogens is 420 g/mol. The highest BCUT2D eigenvalue weighted by molar-refractivity contribution is 6.83. The van der Waals surface area contributed by atoms with Crippen molar-refractivity contribution in [2.75, 3.05) is 26.9 Å². The van der Waals surface area contributed by atoms with Crippen molar-refractivity contribution in [1.82, 2.24) is 0 Å². The molecule has 9 heteroatoms. The van der Waals surface area contributed by atoms with Crippen molar-refractivity contribution < 1.29 is 32.3 Å². The topological polar surface area (TPSA) is 75.6 Å². The van der Waals surface area contributed by atoms with E-state index >= 15 is 0 Å². The van der Waals surface area contributed by atoms with Gasteiger partial charge in [0, 0.05) is 20.3 Å². The summed E-state index contributed by atoms with van der Waals surface area (Å²) >= 11 is 0. The number of aliphatic hydroxyl groups is 1. The van der Waals surface area contributed by atoms with Gasteiger partial charge in [-0.15, -0.1) is 0 Å². The zero-order valence-electron chi connectivity index (χ0n) is 20.3. The van der Waals surface area contributed by atoms with Crippen molar-refractivity contribution in [2.24, 2.45) is 0 Å². The molecule has 0 aromatic carbocycles. The molecule has 0 saturated carbocycles. The van der Waals surface area contributed by atoms with Gasteiger partial charge in [-0.3, -0.25) is 0 Å². The lowest BCUT2D eigenvalue weighted by molar-refractivity contribution is -0.165. The van der Waals surface area contributed by atoms with E-state index in [-0.39, 0.29) is 36.0 Å². The Hall–Kier alpha value is 0.154. The molecule has 2 aliphatic rings. The number of hydrogen-bond donors (Lipinski definition) is 1. The number of hydrogen-bond acceptors (Lipinski definition) is 7. The molecule has 0 unspecified atom stereocenters. The normalized spacial score (nSPS) is 31.4. The van der Waals surface area contributed by atoms with Crippen LogP contribution in [0.3, 0.4) is 0 Å². The molecule has 30 heavy (non-hydrogen) atoms. The van der Waals surface area contributed by atoms with E-state index in [0.29, 0.717) is 30.7 Å². The zero-order valence-corrected chi connectivity index (χ0v) is 22.3. The third kappa shape index (κ3) is 5.04. The molecule has 4 atom stereocenters. The van der Waals surface area contributed by atoms with Gasteiger partial charge in [-0.2, -0.15) is 0 Å². The van der Waals surface area contributed by atoms with Crippen molar-refractivity contribution in [3.8, 4) is 0 Å². The molecule has 178 valence electrons. The van der Waals surface area contributed by atoms with Gasteiger partial charge in [-0.05, 0) is 28.6 Å². The molecule has 0 radical (unpaired) electrons. The molecule has 2 rings (SSSR count). The average molecular weight is 465 g/mol. The first-order chi connectivity index (χ1) is 14.1. The third-order valence-electron chi connectivity index (χ3n) is 6.44. The summed E-state index contributed by atoms with van der Waals surface area (Å²) in [6.45, 7) is 18.6. The second kappa shape index (κ2) is 10.8. The van der Waals surface area contributed by atoms with Gasteiger partial charge in [0.1, 0.15) is 18.3 Å². The maximum absolute atomic E-state index is 9.17. The second-order valence-electron chi connectivity index (χ2n) is 9.75. The van der Waals surface area contributed by atoms with Crippen LogP contribution >= 0.6 is 0 Å². The first-order valence-corrected chi connectivity index (χ1v) is 15.4. The van der Waals surface area contributed by atoms with Crippen LogP contribution < -0.4 is 0 Å². The highest BCUT2D eigenvalue weighted by Gasteiger charge is 2.62. The Balaban J connectivity index is 2.48. The fourth-order valence-electron chi connectivity index (χ4n) is 4.76. The summed E-state index contributed by atoms with van der Waals surface area (Å²) in [5.41, 5.74) is 1.06. The van der Waals surface area contributed by atoms with Crippen LogP contribution in [0.4, 0.5) is 0 Å². The minimum atomic E-state index is -2.73. The Morgan fingerprint density at radius 3 is 1.97 bits per heavy atom. The smallest absolute Gasteiger partial charge is 0.335 e. The largest absolute Gasteiger partial charge is 0.414 e. The van der Waals surface area contributed by atoms with Crippen LogP contribution in [0.5, 0.6) is 0 Å². The van der Waals surface area contributed by atoms with Gasteiger partial charge < -0.3 is 32.3 Å². The lowest BCUT2D eigenvalue weighted by atomic mass is 10.1. The van der Waals surface area contributed by atoms with E-state index in [2.05, 4.69) is 55.4 Å². The highest BCUT2D eigenvalue weighted by atomic mass is 28.5. The van der Waals surface area contributed by atoms with Gasteiger partial charge in [0.15, 0.2) is 6.29 Å². The minimum Gasteiger partial charge on any atom is -0.414 e. The van der Waals surface area contributed by atoms with E-state index in [1.54, 1.807) is 7.11 Å². The Labute approximate surface area is 185 Å². The molecule has 0 amide bonds. The van der Waals surface area contributed by atoms with Gasteiger partial charge in [0.05, 0.1) is 6.61 Å². The molecule has 0 aromatic heterocycles. The molecule has 0 aromatic rings. The maximum atomic E-state index is 9.17. The lowest BCUT2D eigenvalue weighted by Gasteiger charge is -2.51. The van der Waals surface area contributed by atoms with E-state index < -0.39 is 23.4 Å². The van der Waals surface area contributed by atoms with E-state index in [1.807, 2.05) is 0 Å². The van der Waals surface area contributed by atoms with Crippen LogP contribution in [-0.4, -0.2) is 73.8 Å². The molecule has 0 spiro atoms. The summed E-state index contributed by atoms with van der Waals surface area (Å²) in [6.07, 6.45) is -0.940. The predicted molar refractivity (Wildman–Crippen MR) is 121 cm³/mol. The third-order valence-corrected chi connectivity index (χ3v) is 16.7. The van der Waals surface area contributed by atoms with Crippen molar-refractivity contribution in [3.05, 3.63) is 0 Å². The van der Waals surface area contributed by atoms with Gasteiger partial charge in [0.2, 0.25) is 0 Å². The van der Waals surface area contributed by atoms with Crippen LogP contribution in [-0.2, 0) is 27.2 Å². The van der Waals surface area contributed by atoms with Crippen molar-refractivity contribution in [1.29, 1.82) is 0 Å². The molecule has 2 fully saturated rings. The van der Waals surface area contributed by atoms with Gasteiger partial charge in [0.25, 0.3) is 0 Å². The predicted octanol–water partition coefficient (Wildman–Crippen LogP) is 4.08. The van der Waals surface area contributed by atoms with Crippen LogP contribution in [0.1, 0.15) is 61.8 Å². The zero-order chi connectivity index (χ0) is 22.7. The molecular formula is C21H44O7Si2. The number of fused-ring (bicyclic) bond motifs is 1. The first kappa shape index (κ1) is 26.4. The van der Waals surface area contributed by atoms with E-state index in [0.717, 1.165) is 0 Å². The highest BCUT2D eigenvalue weighted by Crippen LogP contribution is 2.47. The molecule has 0 aliphatic carbocycles. The number of rotatable bonds is 9. The van der Waals surface area contributed by atoms with E-state index in [1.165, 1.54) is 0 Å². The van der Waals surface area contributed by atoms with Gasteiger partial charge in [-0.25, -0.2) is 0 Å². The molecule has 7 nitrogen and oxygen atoms in total. The fourth-order valence-corrected chi connectivity index (χ4v) is 16.0. The van der Waals surface area contributed by atoms with Crippen molar-refractivity contribution >= 4 is 17.1 Å². The Morgan fingerprint density at radius 1 is 0.933 bits per heavy atom. The quantitative estimate of drug-likeness (QED) is 0.407. The number of aliphatic hydroxyl groups excluding tert-OH is 1. The summed E-state index contributed by atoms with van der Waals surface area (Å²) in [4.78, 5) is 0. The van der Waals surface area contributed by atoms with Crippen LogP contribution in [0.15, 0.2) is 0 Å². The van der Waals surface area contributed by atoms with Crippen LogP contribution in [0.25, 0.3) is 0 Å². The SMILES string of the molecule is CO[C@@H]1O[C@@H]2CO[Si](C(C)C)(C(C)C)O[Si](C(C)C)(C(C)C)O[C@H]2[C@H]1OCCCO. The average Bonchev–Trinajstić information content (AvgIpc) is 2.97. The summed E-state index contributed by atoms with van der Waals surface area (Å²) in [7, 11) is -3.69. The summed E-state index contributed by atoms with van der Waals surface area (Å²) in [5.74, 6) is 0. The summed E-state index contributed by atoms with van der Waals surface area (Å²) < 4.78 is 38.9. The number of methoxy groups -OCH3 is 1. The van der Waals surface area contributed by atoms with Gasteiger partial charge >= 0.3 is 17.1 Å². The summed E-state index contributed by atoms with van der Waals surface area (Å²) in [5, 5.41) is 9.17. The molecule has 2 heterocycles. The Morgan fingerprint density at radius 2 is 1.50 bits per heavy atom. The van der Waals surface area contributed by atoms with Crippen molar-refractivity contribution in [3.63, 3.8) is 0 Å². The summed E-state index contributed by atoms with van der Waals surface area (Å²) in [6, 6.07) is 0. The molecule has 2 saturated heterocycles. The Kier molecular flexibility index (Phi) is 9.55. The molecule has 1 N–H and O–H groups in total. The second-order valence-corrected chi connectivity index (χ2v) is 18.6. The minimum absolute atomic E-state index is 0.0833. The Bertz CT molecular complexity index is 513. The van der Waals surface area contributed by atoms with E-state index in [9.17, 15) is 0 Å². The molecule has 0 bridgehead atoms. The van der Waals surface area contributed by atoms with Crippen LogP contribution in [0.2, 0.25) is 22.2 Å². The van der Waals surface area contributed by atoms with E-state index in [4.69, 9.17) is 32.3 Å². The maximum Gasteiger partial charge on any atom is 0.335 e. The lowest BCUT2D eigenvalue weighted by Crippen LogP contribution is -2.66.